The number of pyridine rings is 1. The lowest BCUT2D eigenvalue weighted by atomic mass is 10.1. The van der Waals surface area contributed by atoms with E-state index >= 15 is 0 Å². The van der Waals surface area contributed by atoms with Gasteiger partial charge in [0, 0.05) is 24.6 Å². The third-order valence-electron chi connectivity index (χ3n) is 3.91. The summed E-state index contributed by atoms with van der Waals surface area (Å²) < 4.78 is 27.4. The van der Waals surface area contributed by atoms with Crippen molar-refractivity contribution in [2.45, 2.75) is 30.5 Å². The van der Waals surface area contributed by atoms with Crippen molar-refractivity contribution in [1.29, 1.82) is 0 Å². The molecule has 2 N–H and O–H groups in total. The normalized spacial score (nSPS) is 20.3. The van der Waals surface area contributed by atoms with Crippen LogP contribution in [0.5, 0.6) is 0 Å². The second-order valence-corrected chi connectivity index (χ2v) is 7.23. The van der Waals surface area contributed by atoms with Gasteiger partial charge in [0.15, 0.2) is 5.03 Å². The SMILES string of the molecule is CNS(=O)(=O)c1ccc(C(=O)NC2CC(C)n3ccnc32)cn1. The van der Waals surface area contributed by atoms with Gasteiger partial charge in [0.05, 0.1) is 11.6 Å². The summed E-state index contributed by atoms with van der Waals surface area (Å²) in [5, 5.41) is 2.79. The third-order valence-corrected chi connectivity index (χ3v) is 5.24. The number of fused-ring (bicyclic) bond motifs is 1. The van der Waals surface area contributed by atoms with Crippen molar-refractivity contribution in [3.05, 3.63) is 42.1 Å². The van der Waals surface area contributed by atoms with Gasteiger partial charge in [0.2, 0.25) is 0 Å². The molecule has 1 amide bonds. The van der Waals surface area contributed by atoms with Crippen molar-refractivity contribution >= 4 is 15.9 Å². The summed E-state index contributed by atoms with van der Waals surface area (Å²) >= 11 is 0. The smallest absolute Gasteiger partial charge is 0.257 e. The van der Waals surface area contributed by atoms with Crippen molar-refractivity contribution in [3.8, 4) is 0 Å². The van der Waals surface area contributed by atoms with Gasteiger partial charge in [-0.25, -0.2) is 23.1 Å². The number of amides is 1. The second-order valence-electron chi connectivity index (χ2n) is 5.40. The van der Waals surface area contributed by atoms with Crippen LogP contribution in [-0.4, -0.2) is 35.9 Å². The van der Waals surface area contributed by atoms with Crippen LogP contribution in [0.1, 0.15) is 41.6 Å². The molecule has 2 atom stereocenters. The second kappa shape index (κ2) is 5.74. The van der Waals surface area contributed by atoms with E-state index in [-0.39, 0.29) is 23.0 Å². The van der Waals surface area contributed by atoms with Gasteiger partial charge in [-0.05, 0) is 32.5 Å². The third kappa shape index (κ3) is 2.84. The summed E-state index contributed by atoms with van der Waals surface area (Å²) in [6.07, 6.45) is 5.63. The molecule has 2 aromatic rings. The summed E-state index contributed by atoms with van der Waals surface area (Å²) in [6, 6.07) is 2.86. The van der Waals surface area contributed by atoms with Crippen molar-refractivity contribution in [2.24, 2.45) is 0 Å². The molecule has 0 saturated heterocycles. The van der Waals surface area contributed by atoms with Crippen LogP contribution in [0, 0.1) is 0 Å². The maximum absolute atomic E-state index is 12.3. The Balaban J connectivity index is 1.75. The van der Waals surface area contributed by atoms with Gasteiger partial charge >= 0.3 is 0 Å². The quantitative estimate of drug-likeness (QED) is 0.852. The first-order valence-corrected chi connectivity index (χ1v) is 8.64. The standard InChI is InChI=1S/C14H17N5O3S/c1-9-7-11(13-16-5-6-19(9)13)18-14(20)10-3-4-12(17-8-10)23(21,22)15-2/h3-6,8-9,11,15H,7H2,1-2H3,(H,18,20). The molecule has 9 heteroatoms. The van der Waals surface area contributed by atoms with Gasteiger partial charge < -0.3 is 9.88 Å². The van der Waals surface area contributed by atoms with E-state index in [2.05, 4.69) is 26.9 Å². The summed E-state index contributed by atoms with van der Waals surface area (Å²) in [5.41, 5.74) is 0.303. The van der Waals surface area contributed by atoms with Crippen molar-refractivity contribution in [2.75, 3.05) is 7.05 Å². The molecular weight excluding hydrogens is 318 g/mol. The maximum atomic E-state index is 12.3. The van der Waals surface area contributed by atoms with Crippen LogP contribution in [-0.2, 0) is 10.0 Å². The molecular formula is C14H17N5O3S. The van der Waals surface area contributed by atoms with Crippen LogP contribution in [0.2, 0.25) is 0 Å². The number of nitrogens with zero attached hydrogens (tertiary/aromatic N) is 3. The summed E-state index contributed by atoms with van der Waals surface area (Å²) in [5.74, 6) is 0.521. The van der Waals surface area contributed by atoms with E-state index in [4.69, 9.17) is 0 Å². The fourth-order valence-corrected chi connectivity index (χ4v) is 3.32. The number of carbonyl (C=O) groups excluding carboxylic acids is 1. The highest BCUT2D eigenvalue weighted by atomic mass is 32.2. The Kier molecular flexibility index (Phi) is 3.90. The monoisotopic (exact) mass is 335 g/mol. The molecule has 1 aliphatic heterocycles. The van der Waals surface area contributed by atoms with Crippen LogP contribution in [0.15, 0.2) is 35.7 Å². The molecule has 0 aliphatic carbocycles. The first kappa shape index (κ1) is 15.6. The van der Waals surface area contributed by atoms with Crippen LogP contribution in [0.4, 0.5) is 0 Å². The lowest BCUT2D eigenvalue weighted by molar-refractivity contribution is 0.0934. The average molecular weight is 335 g/mol. The Hall–Kier alpha value is -2.26. The molecule has 0 radical (unpaired) electrons. The Labute approximate surface area is 134 Å². The number of carbonyl (C=O) groups is 1. The number of rotatable bonds is 4. The van der Waals surface area contributed by atoms with E-state index in [0.29, 0.717) is 5.56 Å². The molecule has 2 aromatic heterocycles. The largest absolute Gasteiger partial charge is 0.342 e. The average Bonchev–Trinajstić information content (AvgIpc) is 3.13. The molecule has 3 rings (SSSR count). The summed E-state index contributed by atoms with van der Waals surface area (Å²) in [6.45, 7) is 2.07. The molecule has 0 fully saturated rings. The number of aromatic nitrogens is 3. The summed E-state index contributed by atoms with van der Waals surface area (Å²) in [4.78, 5) is 20.4. The molecule has 3 heterocycles. The van der Waals surface area contributed by atoms with Crippen LogP contribution < -0.4 is 10.0 Å². The van der Waals surface area contributed by atoms with Crippen molar-refractivity contribution in [1.82, 2.24) is 24.6 Å². The zero-order valence-corrected chi connectivity index (χ0v) is 13.5. The molecule has 2 unspecified atom stereocenters. The van der Waals surface area contributed by atoms with Gasteiger partial charge in [-0.2, -0.15) is 0 Å². The maximum Gasteiger partial charge on any atom is 0.257 e. The molecule has 23 heavy (non-hydrogen) atoms. The Morgan fingerprint density at radius 2 is 2.13 bits per heavy atom. The molecule has 0 aromatic carbocycles. The fourth-order valence-electron chi connectivity index (χ4n) is 2.67. The van der Waals surface area contributed by atoms with E-state index in [9.17, 15) is 13.2 Å². The first-order valence-electron chi connectivity index (χ1n) is 7.15. The zero-order valence-electron chi connectivity index (χ0n) is 12.7. The topological polar surface area (TPSA) is 106 Å². The number of sulfonamides is 1. The minimum atomic E-state index is -3.61. The minimum absolute atomic E-state index is 0.124. The van der Waals surface area contributed by atoms with E-state index in [0.717, 1.165) is 12.2 Å². The fraction of sp³-hybridized carbons (Fsp3) is 0.357. The van der Waals surface area contributed by atoms with Gasteiger partial charge in [-0.3, -0.25) is 4.79 Å². The minimum Gasteiger partial charge on any atom is -0.342 e. The molecule has 1 aliphatic rings. The Morgan fingerprint density at radius 3 is 2.78 bits per heavy atom. The molecule has 122 valence electrons. The number of hydrogen-bond acceptors (Lipinski definition) is 5. The van der Waals surface area contributed by atoms with Crippen LogP contribution >= 0.6 is 0 Å². The van der Waals surface area contributed by atoms with E-state index < -0.39 is 10.0 Å². The highest BCUT2D eigenvalue weighted by Crippen LogP contribution is 2.32. The highest BCUT2D eigenvalue weighted by molar-refractivity contribution is 7.89. The van der Waals surface area contributed by atoms with Gasteiger partial charge in [0.1, 0.15) is 5.82 Å². The molecule has 0 spiro atoms. The van der Waals surface area contributed by atoms with E-state index in [1.165, 1.54) is 25.4 Å². The van der Waals surface area contributed by atoms with Gasteiger partial charge in [-0.15, -0.1) is 0 Å². The van der Waals surface area contributed by atoms with Crippen molar-refractivity contribution in [3.63, 3.8) is 0 Å². The Morgan fingerprint density at radius 1 is 1.35 bits per heavy atom. The first-order chi connectivity index (χ1) is 10.9. The summed E-state index contributed by atoms with van der Waals surface area (Å²) in [7, 11) is -2.30. The van der Waals surface area contributed by atoms with E-state index in [1.807, 2.05) is 10.8 Å². The van der Waals surface area contributed by atoms with Crippen LogP contribution in [0.25, 0.3) is 0 Å². The molecule has 0 saturated carbocycles. The Bertz CT molecular complexity index is 828. The number of nitrogens with one attached hydrogen (secondary N) is 2. The zero-order chi connectivity index (χ0) is 16.6. The molecule has 8 nitrogen and oxygen atoms in total. The van der Waals surface area contributed by atoms with Crippen molar-refractivity contribution < 1.29 is 13.2 Å². The van der Waals surface area contributed by atoms with Crippen LogP contribution in [0.3, 0.4) is 0 Å². The van der Waals surface area contributed by atoms with Gasteiger partial charge in [0.25, 0.3) is 15.9 Å². The lowest BCUT2D eigenvalue weighted by Crippen LogP contribution is -2.28. The predicted molar refractivity (Wildman–Crippen MR) is 82.2 cm³/mol. The predicted octanol–water partition coefficient (Wildman–Crippen LogP) is 0.622. The number of imidazole rings is 1. The molecule has 0 bridgehead atoms. The highest BCUT2D eigenvalue weighted by Gasteiger charge is 2.30. The van der Waals surface area contributed by atoms with E-state index in [1.54, 1.807) is 6.20 Å². The lowest BCUT2D eigenvalue weighted by Gasteiger charge is -2.11. The number of hydrogen-bond donors (Lipinski definition) is 2. The van der Waals surface area contributed by atoms with Gasteiger partial charge in [-0.1, -0.05) is 0 Å².